The molecule has 0 amide bonds. The number of hydrogen-bond donors (Lipinski definition) is 0. The van der Waals surface area contributed by atoms with Crippen molar-refractivity contribution < 1.29 is 27.8 Å². The first-order valence-corrected chi connectivity index (χ1v) is 8.46. The van der Waals surface area contributed by atoms with Gasteiger partial charge in [-0.2, -0.15) is 0 Å². The summed E-state index contributed by atoms with van der Waals surface area (Å²) >= 11 is 0. The van der Waals surface area contributed by atoms with E-state index in [1.165, 1.54) is 6.07 Å². The monoisotopic (exact) mass is 362 g/mol. The fraction of sp³-hybridized carbons (Fsp3) is 0.350. The summed E-state index contributed by atoms with van der Waals surface area (Å²) in [5.74, 6) is -1.45. The van der Waals surface area contributed by atoms with Gasteiger partial charge in [-0.25, -0.2) is 13.6 Å². The second-order valence-electron chi connectivity index (χ2n) is 6.20. The van der Waals surface area contributed by atoms with Gasteiger partial charge in [0, 0.05) is 13.0 Å². The second-order valence-corrected chi connectivity index (χ2v) is 6.20. The van der Waals surface area contributed by atoms with E-state index < -0.39 is 11.6 Å². The van der Waals surface area contributed by atoms with Gasteiger partial charge in [-0.15, -0.1) is 0 Å². The molecule has 1 aliphatic heterocycles. The van der Waals surface area contributed by atoms with E-state index in [0.29, 0.717) is 42.7 Å². The van der Waals surface area contributed by atoms with Gasteiger partial charge >= 0.3 is 5.97 Å². The predicted octanol–water partition coefficient (Wildman–Crippen LogP) is 4.05. The van der Waals surface area contributed by atoms with Gasteiger partial charge < -0.3 is 14.2 Å². The quantitative estimate of drug-likeness (QED) is 0.551. The van der Waals surface area contributed by atoms with Gasteiger partial charge in [0.2, 0.25) is 0 Å². The van der Waals surface area contributed by atoms with Crippen LogP contribution in [0.25, 0.3) is 0 Å². The topological polar surface area (TPSA) is 44.8 Å². The number of ether oxygens (including phenoxy) is 3. The molecule has 2 aromatic rings. The van der Waals surface area contributed by atoms with Crippen LogP contribution in [0.4, 0.5) is 8.78 Å². The maximum absolute atomic E-state index is 13.1. The normalized spacial score (nSPS) is 16.1. The fourth-order valence-corrected chi connectivity index (χ4v) is 2.95. The lowest BCUT2D eigenvalue weighted by atomic mass is 9.96. The number of hydrogen-bond acceptors (Lipinski definition) is 4. The minimum Gasteiger partial charge on any atom is -0.497 e. The lowest BCUT2D eigenvalue weighted by Gasteiger charge is -2.25. The molecule has 6 heteroatoms. The van der Waals surface area contributed by atoms with Crippen LogP contribution in [0.15, 0.2) is 36.4 Å². The van der Waals surface area contributed by atoms with Gasteiger partial charge in [0.05, 0.1) is 19.3 Å². The van der Waals surface area contributed by atoms with Crippen LogP contribution in [-0.2, 0) is 22.5 Å². The molecule has 26 heavy (non-hydrogen) atoms. The van der Waals surface area contributed by atoms with Gasteiger partial charge in [0.25, 0.3) is 0 Å². The van der Waals surface area contributed by atoms with Gasteiger partial charge in [0.1, 0.15) is 11.9 Å². The van der Waals surface area contributed by atoms with Crippen LogP contribution in [0.3, 0.4) is 0 Å². The van der Waals surface area contributed by atoms with Gasteiger partial charge in [0.15, 0.2) is 11.6 Å². The van der Waals surface area contributed by atoms with Crippen LogP contribution in [0.5, 0.6) is 5.75 Å². The third-order valence-corrected chi connectivity index (χ3v) is 4.33. The molecule has 0 aromatic heterocycles. The smallest absolute Gasteiger partial charge is 0.338 e. The van der Waals surface area contributed by atoms with Gasteiger partial charge in [-0.1, -0.05) is 12.1 Å². The molecule has 1 heterocycles. The summed E-state index contributed by atoms with van der Waals surface area (Å²) in [6.07, 6.45) is 1.85. The molecule has 0 saturated heterocycles. The third kappa shape index (κ3) is 4.38. The molecular formula is C20H20F2O4. The first-order valence-electron chi connectivity index (χ1n) is 8.46. The van der Waals surface area contributed by atoms with Gasteiger partial charge in [-0.3, -0.25) is 0 Å². The Morgan fingerprint density at radius 2 is 2.00 bits per heavy atom. The molecule has 3 rings (SSSR count). The Balaban J connectivity index is 1.44. The standard InChI is InChI=1S/C20H20F2O4/c1-24-15-6-5-14-10-16(26-20(23)17(14)11-15)3-2-8-25-12-13-4-7-18(21)19(22)9-13/h4-7,9,11,16H,2-3,8,10,12H2,1H3. The first kappa shape index (κ1) is 18.3. The van der Waals surface area contributed by atoms with Crippen molar-refractivity contribution in [3.63, 3.8) is 0 Å². The molecule has 1 aliphatic rings. The number of rotatable bonds is 7. The first-order chi connectivity index (χ1) is 12.6. The van der Waals surface area contributed by atoms with E-state index in [9.17, 15) is 13.6 Å². The number of carbonyl (C=O) groups is 1. The Hall–Kier alpha value is -2.47. The highest BCUT2D eigenvalue weighted by Crippen LogP contribution is 2.26. The number of halogens is 2. The highest BCUT2D eigenvalue weighted by molar-refractivity contribution is 5.92. The Morgan fingerprint density at radius 1 is 1.15 bits per heavy atom. The number of cyclic esters (lactones) is 1. The van der Waals surface area contributed by atoms with E-state index in [0.717, 1.165) is 17.7 Å². The molecule has 4 nitrogen and oxygen atoms in total. The van der Waals surface area contributed by atoms with Crippen molar-refractivity contribution in [3.8, 4) is 5.75 Å². The molecule has 0 bridgehead atoms. The molecule has 1 unspecified atom stereocenters. The molecule has 0 saturated carbocycles. The number of methoxy groups -OCH3 is 1. The zero-order valence-electron chi connectivity index (χ0n) is 14.5. The molecule has 0 fully saturated rings. The molecule has 0 radical (unpaired) electrons. The van der Waals surface area contributed by atoms with Crippen molar-refractivity contribution in [1.82, 2.24) is 0 Å². The van der Waals surface area contributed by atoms with Crippen LogP contribution in [0.2, 0.25) is 0 Å². The minimum atomic E-state index is -0.879. The summed E-state index contributed by atoms with van der Waals surface area (Å²) in [6.45, 7) is 0.660. The van der Waals surface area contributed by atoms with Gasteiger partial charge in [-0.05, 0) is 48.2 Å². The van der Waals surface area contributed by atoms with Crippen LogP contribution in [0.1, 0.15) is 34.3 Å². The Kier molecular flexibility index (Phi) is 5.83. The molecule has 1 atom stereocenters. The third-order valence-electron chi connectivity index (χ3n) is 4.33. The highest BCUT2D eigenvalue weighted by atomic mass is 19.2. The molecular weight excluding hydrogens is 342 g/mol. The van der Waals surface area contributed by atoms with Crippen LogP contribution >= 0.6 is 0 Å². The van der Waals surface area contributed by atoms with Crippen molar-refractivity contribution in [2.75, 3.05) is 13.7 Å². The van der Waals surface area contributed by atoms with Crippen molar-refractivity contribution in [3.05, 3.63) is 64.7 Å². The minimum absolute atomic E-state index is 0.185. The Labute approximate surface area is 150 Å². The number of esters is 1. The Bertz CT molecular complexity index is 791. The van der Waals surface area contributed by atoms with E-state index in [1.807, 2.05) is 12.1 Å². The summed E-state index contributed by atoms with van der Waals surface area (Å²) < 4.78 is 42.1. The zero-order valence-corrected chi connectivity index (χ0v) is 14.5. The van der Waals surface area contributed by atoms with Crippen molar-refractivity contribution in [2.45, 2.75) is 32.0 Å². The lowest BCUT2D eigenvalue weighted by molar-refractivity contribution is 0.0200. The second kappa shape index (κ2) is 8.27. The van der Waals surface area contributed by atoms with Crippen LogP contribution < -0.4 is 4.74 Å². The molecule has 138 valence electrons. The average molecular weight is 362 g/mol. The van der Waals surface area contributed by atoms with E-state index in [1.54, 1.807) is 13.2 Å². The average Bonchev–Trinajstić information content (AvgIpc) is 2.64. The summed E-state index contributed by atoms with van der Waals surface area (Å²) in [6, 6.07) is 9.12. The van der Waals surface area contributed by atoms with E-state index >= 15 is 0 Å². The van der Waals surface area contributed by atoms with Crippen molar-refractivity contribution in [2.24, 2.45) is 0 Å². The molecule has 0 spiro atoms. The summed E-state index contributed by atoms with van der Waals surface area (Å²) in [7, 11) is 1.55. The summed E-state index contributed by atoms with van der Waals surface area (Å²) in [5, 5.41) is 0. The number of benzene rings is 2. The maximum Gasteiger partial charge on any atom is 0.338 e. The fourth-order valence-electron chi connectivity index (χ4n) is 2.95. The van der Waals surface area contributed by atoms with E-state index in [2.05, 4.69) is 0 Å². The summed E-state index contributed by atoms with van der Waals surface area (Å²) in [4.78, 5) is 12.1. The largest absolute Gasteiger partial charge is 0.497 e. The van der Waals surface area contributed by atoms with Crippen molar-refractivity contribution in [1.29, 1.82) is 0 Å². The molecule has 0 N–H and O–H groups in total. The van der Waals surface area contributed by atoms with E-state index in [-0.39, 0.29) is 18.7 Å². The van der Waals surface area contributed by atoms with Crippen molar-refractivity contribution >= 4 is 5.97 Å². The summed E-state index contributed by atoms with van der Waals surface area (Å²) in [5.41, 5.74) is 2.08. The molecule has 2 aromatic carbocycles. The van der Waals surface area contributed by atoms with Crippen LogP contribution in [-0.4, -0.2) is 25.8 Å². The van der Waals surface area contributed by atoms with Crippen LogP contribution in [0, 0.1) is 11.6 Å². The SMILES string of the molecule is COc1ccc2c(c1)C(=O)OC(CCCOCc1ccc(F)c(F)c1)C2. The number of fused-ring (bicyclic) bond motifs is 1. The van der Waals surface area contributed by atoms with E-state index in [4.69, 9.17) is 14.2 Å². The highest BCUT2D eigenvalue weighted by Gasteiger charge is 2.26. The zero-order chi connectivity index (χ0) is 18.5. The number of carbonyl (C=O) groups excluding carboxylic acids is 1. The Morgan fingerprint density at radius 3 is 2.77 bits per heavy atom. The molecule has 0 aliphatic carbocycles. The predicted molar refractivity (Wildman–Crippen MR) is 91.1 cm³/mol. The lowest BCUT2D eigenvalue weighted by Crippen LogP contribution is -2.28. The maximum atomic E-state index is 13.1.